The third-order valence-corrected chi connectivity index (χ3v) is 10.5. The highest BCUT2D eigenvalue weighted by Crippen LogP contribution is 2.61. The maximum Gasteiger partial charge on any atom is 0.228 e. The van der Waals surface area contributed by atoms with Crippen molar-refractivity contribution >= 4 is 11.8 Å². The van der Waals surface area contributed by atoms with E-state index in [1.807, 2.05) is 0 Å². The fourth-order valence-electron chi connectivity index (χ4n) is 10.1. The molecule has 1 heterocycles. The van der Waals surface area contributed by atoms with Gasteiger partial charge in [0.1, 0.15) is 0 Å². The molecule has 0 spiro atoms. The number of carbonyl (C=O) groups is 2. The molecule has 2 amide bonds. The van der Waals surface area contributed by atoms with Gasteiger partial charge in [-0.3, -0.25) is 9.59 Å². The highest BCUT2D eigenvalue weighted by molar-refractivity contribution is 5.84. The Bertz CT molecular complexity index is 675. The van der Waals surface area contributed by atoms with E-state index in [9.17, 15) is 9.59 Å². The van der Waals surface area contributed by atoms with E-state index < -0.39 is 12.5 Å². The summed E-state index contributed by atoms with van der Waals surface area (Å²) in [5.74, 6) is 4.76. The molecule has 9 fully saturated rings. The summed E-state index contributed by atoms with van der Waals surface area (Å²) in [6.07, 6.45) is 13.3. The zero-order valence-corrected chi connectivity index (χ0v) is 19.2. The average molecular weight is 443 g/mol. The van der Waals surface area contributed by atoms with Crippen molar-refractivity contribution in [1.82, 2.24) is 10.6 Å². The molecule has 0 aromatic rings. The zero-order chi connectivity index (χ0) is 21.5. The molecule has 176 valence electrons. The van der Waals surface area contributed by atoms with Gasteiger partial charge in [0.05, 0.1) is 24.0 Å². The fraction of sp³-hybridized carbons (Fsp3) is 0.923. The van der Waals surface area contributed by atoms with Gasteiger partial charge in [-0.15, -0.1) is 0 Å². The molecule has 1 saturated heterocycles. The Labute approximate surface area is 190 Å². The van der Waals surface area contributed by atoms with Gasteiger partial charge < -0.3 is 20.1 Å². The van der Waals surface area contributed by atoms with Crippen molar-refractivity contribution in [2.75, 3.05) is 13.2 Å². The summed E-state index contributed by atoms with van der Waals surface area (Å²) < 4.78 is 11.9. The van der Waals surface area contributed by atoms with Gasteiger partial charge in [-0.05, 0) is 113 Å². The Morgan fingerprint density at radius 2 is 0.875 bits per heavy atom. The number of nitrogens with one attached hydrogen (secondary N) is 2. The quantitative estimate of drug-likeness (QED) is 0.700. The first-order chi connectivity index (χ1) is 15.5. The van der Waals surface area contributed by atoms with Gasteiger partial charge in [0.15, 0.2) is 12.5 Å². The van der Waals surface area contributed by atoms with E-state index >= 15 is 0 Å². The second-order valence-corrected chi connectivity index (χ2v) is 13.0. The van der Waals surface area contributed by atoms with Gasteiger partial charge in [0.25, 0.3) is 0 Å². The summed E-state index contributed by atoms with van der Waals surface area (Å²) in [6, 6.07) is 0. The summed E-state index contributed by atoms with van der Waals surface area (Å²) in [5.41, 5.74) is -0.374. The normalized spacial score (nSPS) is 52.8. The SMILES string of the molecule is O=C(NC1COCC(NC(=O)C23CC4CC(CC(C4)C2)C3)O1)C12CC3CC(CC(C3)C1)C2. The van der Waals surface area contributed by atoms with E-state index in [4.69, 9.17) is 9.47 Å². The van der Waals surface area contributed by atoms with Crippen LogP contribution in [0.1, 0.15) is 77.0 Å². The number of carbonyl (C=O) groups excluding carboxylic acids is 2. The highest BCUT2D eigenvalue weighted by atomic mass is 16.6. The Morgan fingerprint density at radius 1 is 0.562 bits per heavy atom. The third kappa shape index (κ3) is 3.26. The van der Waals surface area contributed by atoms with E-state index in [1.165, 1.54) is 38.5 Å². The van der Waals surface area contributed by atoms with E-state index in [0.29, 0.717) is 13.2 Å². The minimum atomic E-state index is -0.467. The van der Waals surface area contributed by atoms with Crippen LogP contribution in [-0.2, 0) is 19.1 Å². The Kier molecular flexibility index (Phi) is 4.54. The molecule has 0 radical (unpaired) electrons. The molecule has 9 rings (SSSR count). The first kappa shape index (κ1) is 20.3. The van der Waals surface area contributed by atoms with Crippen LogP contribution in [0.15, 0.2) is 0 Å². The van der Waals surface area contributed by atoms with Crippen LogP contribution in [0.3, 0.4) is 0 Å². The summed E-state index contributed by atoms with van der Waals surface area (Å²) >= 11 is 0. The molecule has 2 atom stereocenters. The summed E-state index contributed by atoms with van der Waals surface area (Å²) in [5, 5.41) is 6.35. The van der Waals surface area contributed by atoms with Gasteiger partial charge >= 0.3 is 0 Å². The minimum absolute atomic E-state index is 0.165. The number of rotatable bonds is 4. The molecule has 6 heteroatoms. The van der Waals surface area contributed by atoms with Crippen molar-refractivity contribution in [2.45, 2.75) is 89.5 Å². The van der Waals surface area contributed by atoms with Crippen LogP contribution < -0.4 is 10.6 Å². The monoisotopic (exact) mass is 442 g/mol. The number of hydrogen-bond acceptors (Lipinski definition) is 4. The lowest BCUT2D eigenvalue weighted by Crippen LogP contribution is -2.60. The van der Waals surface area contributed by atoms with Crippen LogP contribution in [0, 0.1) is 46.3 Å². The highest BCUT2D eigenvalue weighted by Gasteiger charge is 2.56. The van der Waals surface area contributed by atoms with Crippen LogP contribution in [0.5, 0.6) is 0 Å². The largest absolute Gasteiger partial charge is 0.372 e. The van der Waals surface area contributed by atoms with Crippen LogP contribution in [-0.4, -0.2) is 37.5 Å². The molecule has 1 aliphatic heterocycles. The summed E-state index contributed by atoms with van der Waals surface area (Å²) in [7, 11) is 0. The van der Waals surface area contributed by atoms with Gasteiger partial charge in [0.2, 0.25) is 11.8 Å². The second-order valence-electron chi connectivity index (χ2n) is 13.0. The number of ether oxygens (including phenoxy) is 2. The van der Waals surface area contributed by atoms with Crippen molar-refractivity contribution in [3.63, 3.8) is 0 Å². The molecular formula is C26H38N2O4. The molecule has 6 nitrogen and oxygen atoms in total. The standard InChI is InChI=1S/C26H38N2O4/c29-23(25-7-15-1-16(8-25)3-17(2-15)9-25)27-21-13-31-14-22(32-21)28-24(30)26-10-18-4-19(11-26)6-20(5-18)12-26/h15-22H,1-14H2,(H,27,29)(H,28,30). The van der Waals surface area contributed by atoms with E-state index in [-0.39, 0.29) is 22.6 Å². The molecule has 8 bridgehead atoms. The van der Waals surface area contributed by atoms with E-state index in [1.54, 1.807) is 0 Å². The van der Waals surface area contributed by atoms with Crippen molar-refractivity contribution in [3.05, 3.63) is 0 Å². The lowest BCUT2D eigenvalue weighted by Gasteiger charge is -2.56. The van der Waals surface area contributed by atoms with Crippen molar-refractivity contribution < 1.29 is 19.1 Å². The van der Waals surface area contributed by atoms with Gasteiger partial charge in [0, 0.05) is 0 Å². The summed E-state index contributed by atoms with van der Waals surface area (Å²) in [4.78, 5) is 26.8. The minimum Gasteiger partial charge on any atom is -0.372 e. The number of hydrogen-bond donors (Lipinski definition) is 2. The predicted molar refractivity (Wildman–Crippen MR) is 117 cm³/mol. The fourth-order valence-corrected chi connectivity index (χ4v) is 10.1. The Morgan fingerprint density at radius 3 is 1.19 bits per heavy atom. The van der Waals surface area contributed by atoms with E-state index in [2.05, 4.69) is 10.6 Å². The summed E-state index contributed by atoms with van der Waals surface area (Å²) in [6.45, 7) is 0.726. The molecule has 9 aliphatic rings. The van der Waals surface area contributed by atoms with Gasteiger partial charge in [-0.1, -0.05) is 0 Å². The lowest BCUT2D eigenvalue weighted by molar-refractivity contribution is -0.183. The number of amides is 2. The second kappa shape index (κ2) is 7.18. The van der Waals surface area contributed by atoms with Crippen molar-refractivity contribution in [2.24, 2.45) is 46.3 Å². The maximum absolute atomic E-state index is 13.4. The van der Waals surface area contributed by atoms with Gasteiger partial charge in [-0.2, -0.15) is 0 Å². The topological polar surface area (TPSA) is 76.7 Å². The van der Waals surface area contributed by atoms with Crippen LogP contribution >= 0.6 is 0 Å². The molecule has 8 saturated carbocycles. The lowest BCUT2D eigenvalue weighted by atomic mass is 9.49. The molecule has 2 N–H and O–H groups in total. The van der Waals surface area contributed by atoms with Crippen molar-refractivity contribution in [1.29, 1.82) is 0 Å². The zero-order valence-electron chi connectivity index (χ0n) is 19.2. The molecule has 8 aliphatic carbocycles. The van der Waals surface area contributed by atoms with Gasteiger partial charge in [-0.25, -0.2) is 0 Å². The van der Waals surface area contributed by atoms with Crippen LogP contribution in [0.4, 0.5) is 0 Å². The average Bonchev–Trinajstić information content (AvgIpc) is 2.72. The molecule has 0 aromatic carbocycles. The third-order valence-electron chi connectivity index (χ3n) is 10.5. The Hall–Kier alpha value is -1.14. The molecular weight excluding hydrogens is 404 g/mol. The van der Waals surface area contributed by atoms with E-state index in [0.717, 1.165) is 74.0 Å². The maximum atomic E-state index is 13.4. The first-order valence-electron chi connectivity index (χ1n) is 13.3. The molecule has 2 unspecified atom stereocenters. The van der Waals surface area contributed by atoms with Crippen LogP contribution in [0.25, 0.3) is 0 Å². The Balaban J connectivity index is 0.985. The smallest absolute Gasteiger partial charge is 0.228 e. The predicted octanol–water partition coefficient (Wildman–Crippen LogP) is 3.35. The van der Waals surface area contributed by atoms with Crippen LogP contribution in [0.2, 0.25) is 0 Å². The molecule has 0 aromatic heterocycles. The first-order valence-corrected chi connectivity index (χ1v) is 13.3. The van der Waals surface area contributed by atoms with Crippen molar-refractivity contribution in [3.8, 4) is 0 Å². The molecule has 32 heavy (non-hydrogen) atoms.